The molecule has 0 aliphatic heterocycles. The molecular formula is C22H22N2O3. The van der Waals surface area contributed by atoms with Crippen LogP contribution in [0.15, 0.2) is 72.8 Å². The lowest BCUT2D eigenvalue weighted by Gasteiger charge is -2.13. The quantitative estimate of drug-likeness (QED) is 0.455. The molecule has 138 valence electrons. The van der Waals surface area contributed by atoms with Crippen molar-refractivity contribution < 1.29 is 14.3 Å². The summed E-state index contributed by atoms with van der Waals surface area (Å²) in [5.74, 6) is 1.14. The summed E-state index contributed by atoms with van der Waals surface area (Å²) in [6.45, 7) is 3.62. The van der Waals surface area contributed by atoms with Crippen molar-refractivity contribution in [3.63, 3.8) is 0 Å². The second kappa shape index (κ2) is 8.27. The standard InChI is InChI=1S/C22H22N2O3/c1-15(2)26-22(25)16-8-13-21(20(23)14-16)24-17-9-11-19(12-10-17)27-18-6-4-3-5-7-18/h3-15,24H,23H2,1-2H3. The molecule has 0 heterocycles. The minimum Gasteiger partial charge on any atom is -0.459 e. The van der Waals surface area contributed by atoms with Gasteiger partial charge in [-0.3, -0.25) is 0 Å². The molecule has 3 aromatic carbocycles. The van der Waals surface area contributed by atoms with Gasteiger partial charge >= 0.3 is 5.97 Å². The Labute approximate surface area is 158 Å². The van der Waals surface area contributed by atoms with Gasteiger partial charge in [0.05, 0.1) is 23.0 Å². The number of nitrogens with one attached hydrogen (secondary N) is 1. The number of para-hydroxylation sites is 1. The van der Waals surface area contributed by atoms with Gasteiger partial charge in [-0.05, 0) is 68.4 Å². The second-order valence-corrected chi connectivity index (χ2v) is 6.32. The van der Waals surface area contributed by atoms with Gasteiger partial charge in [0.2, 0.25) is 0 Å². The number of nitrogen functional groups attached to an aromatic ring is 1. The molecular weight excluding hydrogens is 340 g/mol. The van der Waals surface area contributed by atoms with E-state index in [0.29, 0.717) is 16.9 Å². The molecule has 0 fully saturated rings. The Kier molecular flexibility index (Phi) is 5.61. The molecule has 0 aliphatic rings. The average molecular weight is 362 g/mol. The molecule has 0 saturated heterocycles. The fourth-order valence-electron chi connectivity index (χ4n) is 2.47. The molecule has 0 saturated carbocycles. The van der Waals surface area contributed by atoms with Gasteiger partial charge in [0.25, 0.3) is 0 Å². The van der Waals surface area contributed by atoms with E-state index in [1.807, 2.05) is 68.4 Å². The Morgan fingerprint density at radius 2 is 1.59 bits per heavy atom. The van der Waals surface area contributed by atoms with Gasteiger partial charge in [0.15, 0.2) is 0 Å². The highest BCUT2D eigenvalue weighted by Gasteiger charge is 2.11. The maximum Gasteiger partial charge on any atom is 0.338 e. The molecule has 5 nitrogen and oxygen atoms in total. The van der Waals surface area contributed by atoms with Gasteiger partial charge in [-0.2, -0.15) is 0 Å². The van der Waals surface area contributed by atoms with Crippen molar-refractivity contribution >= 4 is 23.0 Å². The molecule has 0 radical (unpaired) electrons. The van der Waals surface area contributed by atoms with Crippen LogP contribution in [0.3, 0.4) is 0 Å². The molecule has 0 unspecified atom stereocenters. The van der Waals surface area contributed by atoms with Gasteiger partial charge in [-0.1, -0.05) is 18.2 Å². The zero-order valence-corrected chi connectivity index (χ0v) is 15.3. The van der Waals surface area contributed by atoms with Gasteiger partial charge < -0.3 is 20.5 Å². The van der Waals surface area contributed by atoms with E-state index in [4.69, 9.17) is 15.2 Å². The summed E-state index contributed by atoms with van der Waals surface area (Å²) in [5.41, 5.74) is 8.55. The van der Waals surface area contributed by atoms with Crippen LogP contribution in [0.5, 0.6) is 11.5 Å². The summed E-state index contributed by atoms with van der Waals surface area (Å²) in [7, 11) is 0. The largest absolute Gasteiger partial charge is 0.459 e. The van der Waals surface area contributed by atoms with Crippen molar-refractivity contribution in [2.75, 3.05) is 11.1 Å². The molecule has 0 atom stereocenters. The number of rotatable bonds is 6. The SMILES string of the molecule is CC(C)OC(=O)c1ccc(Nc2ccc(Oc3ccccc3)cc2)c(N)c1. The lowest BCUT2D eigenvalue weighted by molar-refractivity contribution is 0.0378. The van der Waals surface area contributed by atoms with Crippen molar-refractivity contribution in [1.82, 2.24) is 0 Å². The summed E-state index contributed by atoms with van der Waals surface area (Å²) >= 11 is 0. The summed E-state index contributed by atoms with van der Waals surface area (Å²) < 4.78 is 11.0. The number of ether oxygens (including phenoxy) is 2. The molecule has 0 amide bonds. The second-order valence-electron chi connectivity index (χ2n) is 6.32. The highest BCUT2D eigenvalue weighted by Crippen LogP contribution is 2.27. The molecule has 0 bridgehead atoms. The number of anilines is 3. The number of esters is 1. The van der Waals surface area contributed by atoms with E-state index >= 15 is 0 Å². The lowest BCUT2D eigenvalue weighted by atomic mass is 10.1. The van der Waals surface area contributed by atoms with Crippen LogP contribution in [-0.4, -0.2) is 12.1 Å². The number of hydrogen-bond acceptors (Lipinski definition) is 5. The van der Waals surface area contributed by atoms with Crippen molar-refractivity contribution in [2.24, 2.45) is 0 Å². The summed E-state index contributed by atoms with van der Waals surface area (Å²) in [6.07, 6.45) is -0.173. The summed E-state index contributed by atoms with van der Waals surface area (Å²) in [5, 5.41) is 3.24. The van der Waals surface area contributed by atoms with Gasteiger partial charge in [0.1, 0.15) is 11.5 Å². The summed E-state index contributed by atoms with van der Waals surface area (Å²) in [6, 6.07) is 22.2. The van der Waals surface area contributed by atoms with Gasteiger partial charge in [-0.25, -0.2) is 4.79 Å². The van der Waals surface area contributed by atoms with Crippen LogP contribution in [0.2, 0.25) is 0 Å². The number of hydrogen-bond donors (Lipinski definition) is 2. The minimum absolute atomic E-state index is 0.173. The molecule has 3 aromatic rings. The first kappa shape index (κ1) is 18.3. The zero-order chi connectivity index (χ0) is 19.2. The van der Waals surface area contributed by atoms with Crippen LogP contribution in [0, 0.1) is 0 Å². The minimum atomic E-state index is -0.384. The average Bonchev–Trinajstić information content (AvgIpc) is 2.65. The van der Waals surface area contributed by atoms with E-state index in [0.717, 1.165) is 17.2 Å². The topological polar surface area (TPSA) is 73.6 Å². The maximum absolute atomic E-state index is 12.0. The zero-order valence-electron chi connectivity index (χ0n) is 15.3. The van der Waals surface area contributed by atoms with E-state index in [-0.39, 0.29) is 12.1 Å². The third kappa shape index (κ3) is 5.01. The Morgan fingerprint density at radius 3 is 2.22 bits per heavy atom. The first-order chi connectivity index (χ1) is 13.0. The molecule has 3 rings (SSSR count). The molecule has 5 heteroatoms. The molecule has 27 heavy (non-hydrogen) atoms. The maximum atomic E-state index is 12.0. The van der Waals surface area contributed by atoms with Crippen molar-refractivity contribution in [3.8, 4) is 11.5 Å². The van der Waals surface area contributed by atoms with E-state index in [1.54, 1.807) is 18.2 Å². The van der Waals surface area contributed by atoms with Gasteiger partial charge in [0, 0.05) is 5.69 Å². The number of benzene rings is 3. The van der Waals surface area contributed by atoms with Gasteiger partial charge in [-0.15, -0.1) is 0 Å². The fourth-order valence-corrected chi connectivity index (χ4v) is 2.47. The predicted molar refractivity (Wildman–Crippen MR) is 108 cm³/mol. The Balaban J connectivity index is 1.67. The third-order valence-electron chi connectivity index (χ3n) is 3.74. The number of nitrogens with two attached hydrogens (primary N) is 1. The van der Waals surface area contributed by atoms with Crippen LogP contribution in [-0.2, 0) is 4.74 Å². The lowest BCUT2D eigenvalue weighted by Crippen LogP contribution is -2.12. The Morgan fingerprint density at radius 1 is 0.926 bits per heavy atom. The predicted octanol–water partition coefficient (Wildman–Crippen LogP) is 5.37. The molecule has 0 spiro atoms. The van der Waals surface area contributed by atoms with Crippen molar-refractivity contribution in [2.45, 2.75) is 20.0 Å². The van der Waals surface area contributed by atoms with Crippen LogP contribution in [0.1, 0.15) is 24.2 Å². The Hall–Kier alpha value is -3.47. The number of carbonyl (C=O) groups excluding carboxylic acids is 1. The molecule has 0 aliphatic carbocycles. The highest BCUT2D eigenvalue weighted by molar-refractivity contribution is 5.92. The van der Waals surface area contributed by atoms with E-state index in [1.165, 1.54) is 0 Å². The van der Waals surface area contributed by atoms with Crippen LogP contribution in [0.25, 0.3) is 0 Å². The van der Waals surface area contributed by atoms with Crippen molar-refractivity contribution in [3.05, 3.63) is 78.4 Å². The third-order valence-corrected chi connectivity index (χ3v) is 3.74. The first-order valence-electron chi connectivity index (χ1n) is 8.72. The smallest absolute Gasteiger partial charge is 0.338 e. The normalized spacial score (nSPS) is 10.5. The number of carbonyl (C=O) groups is 1. The first-order valence-corrected chi connectivity index (χ1v) is 8.72. The van der Waals surface area contributed by atoms with Crippen LogP contribution >= 0.6 is 0 Å². The Bertz CT molecular complexity index is 907. The van der Waals surface area contributed by atoms with E-state index in [9.17, 15) is 4.79 Å². The highest BCUT2D eigenvalue weighted by atomic mass is 16.5. The fraction of sp³-hybridized carbons (Fsp3) is 0.136. The monoisotopic (exact) mass is 362 g/mol. The van der Waals surface area contributed by atoms with Crippen LogP contribution < -0.4 is 15.8 Å². The summed E-state index contributed by atoms with van der Waals surface area (Å²) in [4.78, 5) is 12.0. The van der Waals surface area contributed by atoms with Crippen molar-refractivity contribution in [1.29, 1.82) is 0 Å². The molecule has 0 aromatic heterocycles. The van der Waals surface area contributed by atoms with E-state index < -0.39 is 0 Å². The molecule has 3 N–H and O–H groups in total. The van der Waals surface area contributed by atoms with E-state index in [2.05, 4.69) is 5.32 Å². The van der Waals surface area contributed by atoms with Crippen LogP contribution in [0.4, 0.5) is 17.1 Å².